The lowest BCUT2D eigenvalue weighted by molar-refractivity contribution is -0.135. The number of nitrogens with zero attached hydrogens (tertiary/aromatic N) is 2. The van der Waals surface area contributed by atoms with Crippen molar-refractivity contribution in [2.45, 2.75) is 39.2 Å². The van der Waals surface area contributed by atoms with E-state index >= 15 is 0 Å². The van der Waals surface area contributed by atoms with Crippen LogP contribution in [0.5, 0.6) is 5.75 Å². The number of fused-ring (bicyclic) bond motifs is 1. The van der Waals surface area contributed by atoms with Crippen molar-refractivity contribution in [3.63, 3.8) is 0 Å². The molecule has 0 radical (unpaired) electrons. The molecule has 110 valence electrons. The summed E-state index contributed by atoms with van der Waals surface area (Å²) in [4.78, 5) is 26.8. The number of pyridine rings is 1. The third-order valence-corrected chi connectivity index (χ3v) is 3.66. The predicted octanol–water partition coefficient (Wildman–Crippen LogP) is 1.90. The van der Waals surface area contributed by atoms with Gasteiger partial charge in [-0.05, 0) is 26.3 Å². The molecule has 1 unspecified atom stereocenters. The first-order valence-corrected chi connectivity index (χ1v) is 6.94. The highest BCUT2D eigenvalue weighted by Crippen LogP contribution is 2.36. The summed E-state index contributed by atoms with van der Waals surface area (Å²) in [5.74, 6) is -0.275. The van der Waals surface area contributed by atoms with Gasteiger partial charge in [-0.15, -0.1) is 0 Å². The predicted molar refractivity (Wildman–Crippen MR) is 76.5 cm³/mol. The molecule has 0 saturated heterocycles. The van der Waals surface area contributed by atoms with Crippen LogP contribution in [0, 0.1) is 6.92 Å². The summed E-state index contributed by atoms with van der Waals surface area (Å²) < 4.78 is 7.03. The number of aromatic amines is 1. The molecule has 0 aliphatic carbocycles. The molecular formula is C15H17N3O3. The van der Waals surface area contributed by atoms with Crippen LogP contribution in [0.15, 0.2) is 23.3 Å². The second kappa shape index (κ2) is 4.87. The lowest BCUT2D eigenvalue weighted by atomic mass is 9.89. The van der Waals surface area contributed by atoms with Crippen LogP contribution >= 0.6 is 0 Å². The summed E-state index contributed by atoms with van der Waals surface area (Å²) in [6.07, 6.45) is 3.76. The normalized spacial score (nSPS) is 17.7. The van der Waals surface area contributed by atoms with Gasteiger partial charge in [0.2, 0.25) is 0 Å². The first kappa shape index (κ1) is 13.6. The number of hydrogen-bond acceptors (Lipinski definition) is 4. The quantitative estimate of drug-likeness (QED) is 0.856. The van der Waals surface area contributed by atoms with Crippen LogP contribution in [0.1, 0.15) is 49.0 Å². The second-order valence-corrected chi connectivity index (χ2v) is 5.64. The van der Waals surface area contributed by atoms with E-state index in [2.05, 4.69) is 10.1 Å². The van der Waals surface area contributed by atoms with Gasteiger partial charge in [-0.1, -0.05) is 0 Å². The van der Waals surface area contributed by atoms with Crippen LogP contribution in [-0.2, 0) is 4.79 Å². The van der Waals surface area contributed by atoms with Crippen LogP contribution in [0.4, 0.5) is 0 Å². The molecule has 1 aliphatic rings. The summed E-state index contributed by atoms with van der Waals surface area (Å²) >= 11 is 0. The van der Waals surface area contributed by atoms with E-state index in [1.165, 1.54) is 0 Å². The Morgan fingerprint density at radius 1 is 1.43 bits per heavy atom. The van der Waals surface area contributed by atoms with E-state index in [1.54, 1.807) is 19.2 Å². The van der Waals surface area contributed by atoms with E-state index in [0.717, 1.165) is 5.56 Å². The molecule has 2 aromatic rings. The molecule has 0 bridgehead atoms. The van der Waals surface area contributed by atoms with Gasteiger partial charge in [0.05, 0.1) is 18.2 Å². The first-order valence-electron chi connectivity index (χ1n) is 6.94. The Balaban J connectivity index is 2.12. The largest absolute Gasteiger partial charge is 0.426 e. The third kappa shape index (κ3) is 2.37. The van der Waals surface area contributed by atoms with Gasteiger partial charge in [0.15, 0.2) is 0 Å². The molecule has 1 aliphatic heterocycles. The molecule has 21 heavy (non-hydrogen) atoms. The Kier molecular flexibility index (Phi) is 3.16. The fraction of sp³-hybridized carbons (Fsp3) is 0.400. The van der Waals surface area contributed by atoms with Gasteiger partial charge in [0.1, 0.15) is 5.75 Å². The maximum Gasteiger partial charge on any atom is 0.312 e. The Morgan fingerprint density at radius 3 is 2.86 bits per heavy atom. The number of carbonyl (C=O) groups excluding carboxylic acids is 1. The maximum absolute atomic E-state index is 12.2. The Hall–Kier alpha value is -2.37. The van der Waals surface area contributed by atoms with Crippen molar-refractivity contribution >= 4 is 5.97 Å². The zero-order valence-electron chi connectivity index (χ0n) is 12.2. The Bertz CT molecular complexity index is 758. The SMILES string of the molecule is Cc1cc2c(c(=O)[nH]1)C(c1cnn(C(C)C)c1)CC(=O)O2. The standard InChI is InChI=1S/C15H17N3O3/c1-8(2)18-7-10(6-16-18)11-5-13(19)21-12-4-9(3)17-15(20)14(11)12/h4,6-8,11H,5H2,1-3H3,(H,17,20). The van der Waals surface area contributed by atoms with Gasteiger partial charge >= 0.3 is 5.97 Å². The molecule has 1 atom stereocenters. The monoisotopic (exact) mass is 287 g/mol. The molecule has 1 N–H and O–H groups in total. The highest BCUT2D eigenvalue weighted by molar-refractivity contribution is 5.77. The summed E-state index contributed by atoms with van der Waals surface area (Å²) in [5, 5.41) is 4.29. The third-order valence-electron chi connectivity index (χ3n) is 3.66. The number of aryl methyl sites for hydroxylation is 1. The first-order chi connectivity index (χ1) is 9.95. The van der Waals surface area contributed by atoms with E-state index in [-0.39, 0.29) is 29.9 Å². The van der Waals surface area contributed by atoms with Gasteiger partial charge in [-0.25, -0.2) is 0 Å². The van der Waals surface area contributed by atoms with Gasteiger partial charge in [0, 0.05) is 29.9 Å². The molecule has 0 aromatic carbocycles. The number of aromatic nitrogens is 3. The van der Waals surface area contributed by atoms with Crippen molar-refractivity contribution in [2.75, 3.05) is 0 Å². The van der Waals surface area contributed by atoms with E-state index in [9.17, 15) is 9.59 Å². The van der Waals surface area contributed by atoms with Crippen molar-refractivity contribution in [1.29, 1.82) is 0 Å². The van der Waals surface area contributed by atoms with Gasteiger partial charge in [0.25, 0.3) is 5.56 Å². The lowest BCUT2D eigenvalue weighted by Gasteiger charge is -2.23. The lowest BCUT2D eigenvalue weighted by Crippen LogP contribution is -2.28. The zero-order chi connectivity index (χ0) is 15.1. The van der Waals surface area contributed by atoms with Crippen molar-refractivity contribution in [1.82, 2.24) is 14.8 Å². The second-order valence-electron chi connectivity index (χ2n) is 5.64. The van der Waals surface area contributed by atoms with Gasteiger partial charge in [-0.3, -0.25) is 14.3 Å². The molecule has 2 aromatic heterocycles. The van der Waals surface area contributed by atoms with Crippen LogP contribution in [0.3, 0.4) is 0 Å². The molecule has 3 rings (SSSR count). The number of esters is 1. The summed E-state index contributed by atoms with van der Waals surface area (Å²) in [6, 6.07) is 1.92. The minimum Gasteiger partial charge on any atom is -0.426 e. The smallest absolute Gasteiger partial charge is 0.312 e. The van der Waals surface area contributed by atoms with E-state index < -0.39 is 0 Å². The van der Waals surface area contributed by atoms with Crippen LogP contribution in [0.25, 0.3) is 0 Å². The van der Waals surface area contributed by atoms with Crippen LogP contribution < -0.4 is 10.3 Å². The van der Waals surface area contributed by atoms with Gasteiger partial charge < -0.3 is 9.72 Å². The summed E-state index contributed by atoms with van der Waals surface area (Å²) in [6.45, 7) is 5.81. The molecule has 6 nitrogen and oxygen atoms in total. The maximum atomic E-state index is 12.2. The number of H-pyrrole nitrogens is 1. The average molecular weight is 287 g/mol. The highest BCUT2D eigenvalue weighted by atomic mass is 16.5. The van der Waals surface area contributed by atoms with Crippen LogP contribution in [0.2, 0.25) is 0 Å². The van der Waals surface area contributed by atoms with Crippen molar-refractivity contribution in [3.05, 3.63) is 45.6 Å². The number of nitrogens with one attached hydrogen (secondary N) is 1. The Labute approximate surface area is 121 Å². The molecule has 0 fully saturated rings. The topological polar surface area (TPSA) is 77.0 Å². The molecular weight excluding hydrogens is 270 g/mol. The number of hydrogen-bond donors (Lipinski definition) is 1. The van der Waals surface area contributed by atoms with Gasteiger partial charge in [-0.2, -0.15) is 5.10 Å². The minimum atomic E-state index is -0.324. The fourth-order valence-electron chi connectivity index (χ4n) is 2.62. The van der Waals surface area contributed by atoms with Crippen molar-refractivity contribution < 1.29 is 9.53 Å². The molecule has 0 saturated carbocycles. The average Bonchev–Trinajstić information content (AvgIpc) is 2.86. The van der Waals surface area contributed by atoms with Crippen molar-refractivity contribution in [3.8, 4) is 5.75 Å². The molecule has 3 heterocycles. The Morgan fingerprint density at radius 2 is 2.19 bits per heavy atom. The van der Waals surface area contributed by atoms with E-state index in [0.29, 0.717) is 17.0 Å². The van der Waals surface area contributed by atoms with Crippen LogP contribution in [-0.4, -0.2) is 20.7 Å². The van der Waals surface area contributed by atoms with Crippen molar-refractivity contribution in [2.24, 2.45) is 0 Å². The number of rotatable bonds is 2. The molecule has 0 amide bonds. The summed E-state index contributed by atoms with van der Waals surface area (Å²) in [7, 11) is 0. The fourth-order valence-corrected chi connectivity index (χ4v) is 2.62. The highest BCUT2D eigenvalue weighted by Gasteiger charge is 2.32. The van der Waals surface area contributed by atoms with E-state index in [4.69, 9.17) is 4.74 Å². The minimum absolute atomic E-state index is 0.156. The van der Waals surface area contributed by atoms with E-state index in [1.807, 2.05) is 24.7 Å². The molecule has 0 spiro atoms. The summed E-state index contributed by atoms with van der Waals surface area (Å²) in [5.41, 5.74) is 1.82. The zero-order valence-corrected chi connectivity index (χ0v) is 12.2. The molecule has 6 heteroatoms. The number of carbonyl (C=O) groups is 1. The number of ether oxygens (including phenoxy) is 1.